The van der Waals surface area contributed by atoms with Crippen LogP contribution in [0.15, 0.2) is 24.3 Å². The van der Waals surface area contributed by atoms with Gasteiger partial charge in [-0.05, 0) is 44.0 Å². The monoisotopic (exact) mass is 221 g/mol. The van der Waals surface area contributed by atoms with Crippen molar-refractivity contribution in [2.75, 3.05) is 13.7 Å². The van der Waals surface area contributed by atoms with Gasteiger partial charge >= 0.3 is 0 Å². The van der Waals surface area contributed by atoms with Gasteiger partial charge in [-0.2, -0.15) is 0 Å². The summed E-state index contributed by atoms with van der Waals surface area (Å²) in [6.45, 7) is 5.52. The van der Waals surface area contributed by atoms with Gasteiger partial charge in [-0.25, -0.2) is 0 Å². The van der Waals surface area contributed by atoms with Crippen LogP contribution in [0.4, 0.5) is 0 Å². The van der Waals surface area contributed by atoms with Crippen LogP contribution in [0, 0.1) is 0 Å². The van der Waals surface area contributed by atoms with E-state index in [0.717, 1.165) is 18.7 Å². The van der Waals surface area contributed by atoms with Crippen LogP contribution in [-0.2, 0) is 6.42 Å². The molecule has 0 aliphatic heterocycles. The van der Waals surface area contributed by atoms with E-state index in [1.807, 2.05) is 12.1 Å². The molecule has 1 rings (SSSR count). The molecule has 0 bridgehead atoms. The zero-order valence-corrected chi connectivity index (χ0v) is 10.6. The van der Waals surface area contributed by atoms with Gasteiger partial charge in [-0.15, -0.1) is 0 Å². The SMILES string of the molecule is CCCC(C)NCCc1ccc(OC)cc1. The molecule has 1 aromatic rings. The standard InChI is InChI=1S/C14H23NO/c1-4-5-12(2)15-11-10-13-6-8-14(16-3)9-7-13/h6-9,12,15H,4-5,10-11H2,1-3H3. The van der Waals surface area contributed by atoms with Crippen LogP contribution in [0.2, 0.25) is 0 Å². The van der Waals surface area contributed by atoms with Crippen LogP contribution >= 0.6 is 0 Å². The summed E-state index contributed by atoms with van der Waals surface area (Å²) in [7, 11) is 1.70. The largest absolute Gasteiger partial charge is 0.497 e. The Labute approximate surface area is 99.0 Å². The fraction of sp³-hybridized carbons (Fsp3) is 0.571. The predicted octanol–water partition coefficient (Wildman–Crippen LogP) is 3.02. The Hall–Kier alpha value is -1.02. The van der Waals surface area contributed by atoms with Crippen molar-refractivity contribution in [2.45, 2.75) is 39.2 Å². The molecule has 0 saturated heterocycles. The summed E-state index contributed by atoms with van der Waals surface area (Å²) in [6.07, 6.45) is 3.58. The van der Waals surface area contributed by atoms with Gasteiger partial charge in [0.2, 0.25) is 0 Å². The number of methoxy groups -OCH3 is 1. The van der Waals surface area contributed by atoms with Crippen molar-refractivity contribution < 1.29 is 4.74 Å². The van der Waals surface area contributed by atoms with Gasteiger partial charge in [0.15, 0.2) is 0 Å². The lowest BCUT2D eigenvalue weighted by atomic mass is 10.1. The Balaban J connectivity index is 2.26. The van der Waals surface area contributed by atoms with Gasteiger partial charge in [-0.3, -0.25) is 0 Å². The highest BCUT2D eigenvalue weighted by molar-refractivity contribution is 5.27. The van der Waals surface area contributed by atoms with Crippen LogP contribution < -0.4 is 10.1 Å². The molecule has 0 aliphatic carbocycles. The fourth-order valence-electron chi connectivity index (χ4n) is 1.79. The Morgan fingerprint density at radius 3 is 2.50 bits per heavy atom. The Morgan fingerprint density at radius 2 is 1.94 bits per heavy atom. The molecule has 0 fully saturated rings. The maximum atomic E-state index is 5.13. The quantitative estimate of drug-likeness (QED) is 0.764. The second-order valence-corrected chi connectivity index (χ2v) is 4.24. The minimum Gasteiger partial charge on any atom is -0.497 e. The van der Waals surface area contributed by atoms with Crippen LogP contribution in [0.3, 0.4) is 0 Å². The predicted molar refractivity (Wildman–Crippen MR) is 69.1 cm³/mol. The normalized spacial score (nSPS) is 12.4. The van der Waals surface area contributed by atoms with Gasteiger partial charge in [-0.1, -0.05) is 25.5 Å². The molecule has 1 atom stereocenters. The van der Waals surface area contributed by atoms with Crippen LogP contribution in [0.25, 0.3) is 0 Å². The zero-order chi connectivity index (χ0) is 11.8. The lowest BCUT2D eigenvalue weighted by molar-refractivity contribution is 0.414. The molecule has 2 nitrogen and oxygen atoms in total. The molecule has 0 aromatic heterocycles. The smallest absolute Gasteiger partial charge is 0.118 e. The highest BCUT2D eigenvalue weighted by atomic mass is 16.5. The molecule has 0 spiro atoms. The summed E-state index contributed by atoms with van der Waals surface area (Å²) in [5.41, 5.74) is 1.36. The highest BCUT2D eigenvalue weighted by Crippen LogP contribution is 2.11. The molecular weight excluding hydrogens is 198 g/mol. The maximum absolute atomic E-state index is 5.13. The van der Waals surface area contributed by atoms with Crippen molar-refractivity contribution in [3.63, 3.8) is 0 Å². The molecule has 0 aliphatic rings. The molecule has 0 amide bonds. The molecule has 0 radical (unpaired) electrons. The number of rotatable bonds is 7. The van der Waals surface area contributed by atoms with Gasteiger partial charge in [0.1, 0.15) is 5.75 Å². The van der Waals surface area contributed by atoms with Crippen molar-refractivity contribution >= 4 is 0 Å². The van der Waals surface area contributed by atoms with E-state index >= 15 is 0 Å². The fourth-order valence-corrected chi connectivity index (χ4v) is 1.79. The van der Waals surface area contributed by atoms with E-state index in [2.05, 4.69) is 31.3 Å². The second-order valence-electron chi connectivity index (χ2n) is 4.24. The zero-order valence-electron chi connectivity index (χ0n) is 10.6. The summed E-state index contributed by atoms with van der Waals surface area (Å²) < 4.78 is 5.13. The van der Waals surface area contributed by atoms with Gasteiger partial charge < -0.3 is 10.1 Å². The third kappa shape index (κ3) is 4.67. The Bertz CT molecular complexity index is 281. The van der Waals surface area contributed by atoms with Gasteiger partial charge in [0.25, 0.3) is 0 Å². The average molecular weight is 221 g/mol. The summed E-state index contributed by atoms with van der Waals surface area (Å²) in [6, 6.07) is 8.93. The summed E-state index contributed by atoms with van der Waals surface area (Å²) in [5, 5.41) is 3.53. The first-order chi connectivity index (χ1) is 7.76. The van der Waals surface area contributed by atoms with E-state index in [1.165, 1.54) is 18.4 Å². The molecule has 1 N–H and O–H groups in total. The van der Waals surface area contributed by atoms with Crippen molar-refractivity contribution in [3.05, 3.63) is 29.8 Å². The Kier molecular flexibility index (Phi) is 5.94. The number of ether oxygens (including phenoxy) is 1. The van der Waals surface area contributed by atoms with Gasteiger partial charge in [0.05, 0.1) is 7.11 Å². The first-order valence-electron chi connectivity index (χ1n) is 6.12. The molecule has 16 heavy (non-hydrogen) atoms. The first-order valence-corrected chi connectivity index (χ1v) is 6.12. The van der Waals surface area contributed by atoms with E-state index in [9.17, 15) is 0 Å². The number of benzene rings is 1. The molecule has 1 unspecified atom stereocenters. The highest BCUT2D eigenvalue weighted by Gasteiger charge is 1.99. The number of hydrogen-bond donors (Lipinski definition) is 1. The molecule has 0 saturated carbocycles. The third-order valence-electron chi connectivity index (χ3n) is 2.79. The topological polar surface area (TPSA) is 21.3 Å². The van der Waals surface area contributed by atoms with E-state index < -0.39 is 0 Å². The summed E-state index contributed by atoms with van der Waals surface area (Å²) in [4.78, 5) is 0. The first kappa shape index (κ1) is 13.0. The minimum atomic E-state index is 0.628. The van der Waals surface area contributed by atoms with Crippen molar-refractivity contribution in [3.8, 4) is 5.75 Å². The molecule has 1 aromatic carbocycles. The van der Waals surface area contributed by atoms with Crippen molar-refractivity contribution in [1.29, 1.82) is 0 Å². The second kappa shape index (κ2) is 7.29. The lowest BCUT2D eigenvalue weighted by Gasteiger charge is -2.12. The lowest BCUT2D eigenvalue weighted by Crippen LogP contribution is -2.27. The minimum absolute atomic E-state index is 0.628. The van der Waals surface area contributed by atoms with E-state index in [1.54, 1.807) is 7.11 Å². The summed E-state index contributed by atoms with van der Waals surface area (Å²) >= 11 is 0. The van der Waals surface area contributed by atoms with E-state index in [-0.39, 0.29) is 0 Å². The Morgan fingerprint density at radius 1 is 1.25 bits per heavy atom. The summed E-state index contributed by atoms with van der Waals surface area (Å²) in [5.74, 6) is 0.927. The average Bonchev–Trinajstić information content (AvgIpc) is 2.30. The molecule has 0 heterocycles. The van der Waals surface area contributed by atoms with Crippen LogP contribution in [0.1, 0.15) is 32.3 Å². The molecule has 90 valence electrons. The van der Waals surface area contributed by atoms with Gasteiger partial charge in [0, 0.05) is 6.04 Å². The number of nitrogens with one attached hydrogen (secondary N) is 1. The van der Waals surface area contributed by atoms with E-state index in [0.29, 0.717) is 6.04 Å². The van der Waals surface area contributed by atoms with Crippen LogP contribution in [0.5, 0.6) is 5.75 Å². The number of hydrogen-bond acceptors (Lipinski definition) is 2. The maximum Gasteiger partial charge on any atom is 0.118 e. The van der Waals surface area contributed by atoms with Crippen molar-refractivity contribution in [1.82, 2.24) is 5.32 Å². The molecular formula is C14H23NO. The molecule has 2 heteroatoms. The van der Waals surface area contributed by atoms with Crippen molar-refractivity contribution in [2.24, 2.45) is 0 Å². The van der Waals surface area contributed by atoms with Crippen LogP contribution in [-0.4, -0.2) is 19.7 Å². The van der Waals surface area contributed by atoms with E-state index in [4.69, 9.17) is 4.74 Å². The third-order valence-corrected chi connectivity index (χ3v) is 2.79.